The highest BCUT2D eigenvalue weighted by molar-refractivity contribution is 9.10. The number of carbonyl (C=O) groups excluding carboxylic acids is 1. The quantitative estimate of drug-likeness (QED) is 0.864. The standard InChI is InChI=1S/C12H10BrClF3NO3/c13-8-2-7(21-12(15,16)17)3-9(14)11(8)18-4-6(5-19)1-10(18)20/h2-3,6,19H,1,4-5H2. The van der Waals surface area contributed by atoms with E-state index in [4.69, 9.17) is 16.7 Å². The molecule has 1 atom stereocenters. The Labute approximate surface area is 131 Å². The van der Waals surface area contributed by atoms with Crippen molar-refractivity contribution in [2.45, 2.75) is 12.8 Å². The molecule has 1 unspecified atom stereocenters. The van der Waals surface area contributed by atoms with Crippen LogP contribution in [0.15, 0.2) is 16.6 Å². The van der Waals surface area contributed by atoms with E-state index in [1.807, 2.05) is 0 Å². The molecule has 1 aromatic rings. The van der Waals surface area contributed by atoms with Gasteiger partial charge < -0.3 is 14.7 Å². The molecule has 1 heterocycles. The van der Waals surface area contributed by atoms with Crippen LogP contribution in [0.1, 0.15) is 6.42 Å². The summed E-state index contributed by atoms with van der Waals surface area (Å²) >= 11 is 9.06. The third-order valence-electron chi connectivity index (χ3n) is 2.96. The minimum Gasteiger partial charge on any atom is -0.406 e. The number of aliphatic hydroxyl groups is 1. The first-order valence-corrected chi connectivity index (χ1v) is 7.04. The fraction of sp³-hybridized carbons (Fsp3) is 0.417. The summed E-state index contributed by atoms with van der Waals surface area (Å²) in [5.41, 5.74) is 0.271. The summed E-state index contributed by atoms with van der Waals surface area (Å²) in [6.45, 7) is 0.111. The lowest BCUT2D eigenvalue weighted by molar-refractivity contribution is -0.274. The van der Waals surface area contributed by atoms with Crippen molar-refractivity contribution in [3.63, 3.8) is 0 Å². The number of nitrogens with zero attached hydrogens (tertiary/aromatic N) is 1. The average Bonchev–Trinajstić information content (AvgIpc) is 2.68. The Hall–Kier alpha value is -0.990. The van der Waals surface area contributed by atoms with Gasteiger partial charge >= 0.3 is 6.36 Å². The molecule has 1 amide bonds. The number of aliphatic hydroxyl groups excluding tert-OH is 1. The zero-order valence-corrected chi connectivity index (χ0v) is 12.8. The van der Waals surface area contributed by atoms with Crippen LogP contribution < -0.4 is 9.64 Å². The van der Waals surface area contributed by atoms with Crippen molar-refractivity contribution in [1.29, 1.82) is 0 Å². The number of ether oxygens (including phenoxy) is 1. The zero-order valence-electron chi connectivity index (χ0n) is 10.5. The van der Waals surface area contributed by atoms with Crippen molar-refractivity contribution in [3.05, 3.63) is 21.6 Å². The second-order valence-corrected chi connectivity index (χ2v) is 5.80. The summed E-state index contributed by atoms with van der Waals surface area (Å²) in [5.74, 6) is -0.943. The highest BCUT2D eigenvalue weighted by Gasteiger charge is 2.34. The van der Waals surface area contributed by atoms with Gasteiger partial charge in [-0.1, -0.05) is 11.6 Å². The van der Waals surface area contributed by atoms with Gasteiger partial charge in [-0.05, 0) is 22.0 Å². The van der Waals surface area contributed by atoms with Gasteiger partial charge in [0.25, 0.3) is 0 Å². The van der Waals surface area contributed by atoms with Gasteiger partial charge in [0.15, 0.2) is 0 Å². The first-order valence-electron chi connectivity index (χ1n) is 5.87. The maximum atomic E-state index is 12.2. The molecular weight excluding hydrogens is 378 g/mol. The van der Waals surface area contributed by atoms with Crippen LogP contribution in [-0.2, 0) is 4.79 Å². The maximum absolute atomic E-state index is 12.2. The highest BCUT2D eigenvalue weighted by atomic mass is 79.9. The third-order valence-corrected chi connectivity index (χ3v) is 3.85. The van der Waals surface area contributed by atoms with Gasteiger partial charge in [-0.2, -0.15) is 0 Å². The number of benzene rings is 1. The molecule has 1 N–H and O–H groups in total. The van der Waals surface area contributed by atoms with Crippen LogP contribution in [0.3, 0.4) is 0 Å². The highest BCUT2D eigenvalue weighted by Crippen LogP contribution is 2.41. The average molecular weight is 389 g/mol. The van der Waals surface area contributed by atoms with Gasteiger partial charge in [0.1, 0.15) is 5.75 Å². The topological polar surface area (TPSA) is 49.8 Å². The molecule has 116 valence electrons. The Morgan fingerprint density at radius 3 is 2.62 bits per heavy atom. The van der Waals surface area contributed by atoms with Crippen molar-refractivity contribution < 1.29 is 27.8 Å². The van der Waals surface area contributed by atoms with Gasteiger partial charge in [-0.25, -0.2) is 0 Å². The molecule has 0 spiro atoms. The van der Waals surface area contributed by atoms with Gasteiger partial charge in [0.05, 0.1) is 10.7 Å². The van der Waals surface area contributed by atoms with E-state index in [1.165, 1.54) is 4.90 Å². The summed E-state index contributed by atoms with van der Waals surface area (Å²) in [4.78, 5) is 13.2. The molecule has 1 saturated heterocycles. The molecule has 21 heavy (non-hydrogen) atoms. The van der Waals surface area contributed by atoms with E-state index in [0.29, 0.717) is 0 Å². The maximum Gasteiger partial charge on any atom is 0.573 e. The fourth-order valence-electron chi connectivity index (χ4n) is 2.11. The lowest BCUT2D eigenvalue weighted by Crippen LogP contribution is -2.26. The summed E-state index contributed by atoms with van der Waals surface area (Å²) in [5, 5.41) is 9.04. The van der Waals surface area contributed by atoms with Crippen molar-refractivity contribution in [1.82, 2.24) is 0 Å². The van der Waals surface area contributed by atoms with Crippen molar-refractivity contribution in [3.8, 4) is 5.75 Å². The normalized spacial score (nSPS) is 19.2. The second kappa shape index (κ2) is 6.02. The predicted molar refractivity (Wildman–Crippen MR) is 73.4 cm³/mol. The molecule has 0 aromatic heterocycles. The van der Waals surface area contributed by atoms with Gasteiger partial charge in [0.2, 0.25) is 5.91 Å². The molecule has 0 bridgehead atoms. The Morgan fingerprint density at radius 1 is 1.48 bits per heavy atom. The van der Waals surface area contributed by atoms with Crippen LogP contribution in [0.25, 0.3) is 0 Å². The molecule has 9 heteroatoms. The fourth-order valence-corrected chi connectivity index (χ4v) is 3.19. The number of amides is 1. The molecule has 2 rings (SSSR count). The first-order chi connectivity index (χ1) is 9.71. The summed E-state index contributed by atoms with van der Waals surface area (Å²) < 4.78 is 40.6. The van der Waals surface area contributed by atoms with Crippen molar-refractivity contribution >= 4 is 39.1 Å². The van der Waals surface area contributed by atoms with Gasteiger partial charge in [0, 0.05) is 36.0 Å². The van der Waals surface area contributed by atoms with E-state index < -0.39 is 12.1 Å². The molecule has 4 nitrogen and oxygen atoms in total. The molecule has 0 saturated carbocycles. The number of anilines is 1. The predicted octanol–water partition coefficient (Wildman–Crippen LogP) is 3.35. The smallest absolute Gasteiger partial charge is 0.406 e. The minimum atomic E-state index is -4.82. The second-order valence-electron chi connectivity index (χ2n) is 4.54. The Kier molecular flexibility index (Phi) is 4.69. The van der Waals surface area contributed by atoms with Crippen molar-refractivity contribution in [2.75, 3.05) is 18.1 Å². The first kappa shape index (κ1) is 16.4. The number of hydrogen-bond acceptors (Lipinski definition) is 3. The summed E-state index contributed by atoms with van der Waals surface area (Å²) in [7, 11) is 0. The van der Waals surface area contributed by atoms with E-state index >= 15 is 0 Å². The molecule has 1 aromatic carbocycles. The van der Waals surface area contributed by atoms with Crippen LogP contribution in [0.5, 0.6) is 5.75 Å². The van der Waals surface area contributed by atoms with Crippen LogP contribution in [0, 0.1) is 5.92 Å². The lowest BCUT2D eigenvalue weighted by atomic mass is 10.1. The number of hydrogen-bond donors (Lipinski definition) is 1. The molecule has 0 radical (unpaired) electrons. The van der Waals surface area contributed by atoms with Crippen LogP contribution >= 0.6 is 27.5 Å². The molecule has 0 aliphatic carbocycles. The Bertz CT molecular complexity index is 544. The lowest BCUT2D eigenvalue weighted by Gasteiger charge is -2.21. The van der Waals surface area contributed by atoms with Crippen LogP contribution in [-0.4, -0.2) is 30.5 Å². The summed E-state index contributed by atoms with van der Waals surface area (Å²) in [6, 6.07) is 2.09. The molecule has 1 aliphatic rings. The zero-order chi connectivity index (χ0) is 15.8. The summed E-state index contributed by atoms with van der Waals surface area (Å²) in [6.07, 6.45) is -4.66. The van der Waals surface area contributed by atoms with E-state index in [-0.39, 0.29) is 46.6 Å². The third kappa shape index (κ3) is 3.81. The van der Waals surface area contributed by atoms with Gasteiger partial charge in [-0.3, -0.25) is 4.79 Å². The van der Waals surface area contributed by atoms with E-state index in [9.17, 15) is 18.0 Å². The van der Waals surface area contributed by atoms with E-state index in [0.717, 1.165) is 12.1 Å². The van der Waals surface area contributed by atoms with E-state index in [1.54, 1.807) is 0 Å². The SMILES string of the molecule is O=C1CC(CO)CN1c1c(Cl)cc(OC(F)(F)F)cc1Br. The van der Waals surface area contributed by atoms with Crippen LogP contribution in [0.2, 0.25) is 5.02 Å². The minimum absolute atomic E-state index is 0.0458. The number of halogens is 5. The van der Waals surface area contributed by atoms with E-state index in [2.05, 4.69) is 20.7 Å². The Morgan fingerprint density at radius 2 is 2.14 bits per heavy atom. The monoisotopic (exact) mass is 387 g/mol. The van der Waals surface area contributed by atoms with Crippen molar-refractivity contribution in [2.24, 2.45) is 5.92 Å². The number of carbonyl (C=O) groups is 1. The number of rotatable bonds is 3. The largest absolute Gasteiger partial charge is 0.573 e. The van der Waals surface area contributed by atoms with Crippen LogP contribution in [0.4, 0.5) is 18.9 Å². The molecule has 1 fully saturated rings. The van der Waals surface area contributed by atoms with Gasteiger partial charge in [-0.15, -0.1) is 13.2 Å². The Balaban J connectivity index is 2.32. The molecule has 1 aliphatic heterocycles. The molecular formula is C12H10BrClF3NO3. The number of alkyl halides is 3.